The summed E-state index contributed by atoms with van der Waals surface area (Å²) in [6, 6.07) is 9.12. The average Bonchev–Trinajstić information content (AvgIpc) is 3.12. The molecule has 3 rings (SSSR count). The normalized spacial score (nSPS) is 15.5. The molecule has 134 valence electrons. The Morgan fingerprint density at radius 2 is 2.12 bits per heavy atom. The lowest BCUT2D eigenvalue weighted by Gasteiger charge is -2.31. The smallest absolute Gasteiger partial charge is 0.274 e. The minimum atomic E-state index is -0.0406. The van der Waals surface area contributed by atoms with Crippen LogP contribution in [0, 0.1) is 0 Å². The summed E-state index contributed by atoms with van der Waals surface area (Å²) in [6.45, 7) is 2.72. The van der Waals surface area contributed by atoms with Gasteiger partial charge in [0, 0.05) is 30.9 Å². The Balaban J connectivity index is 1.57. The van der Waals surface area contributed by atoms with Crippen LogP contribution in [-0.4, -0.2) is 52.9 Å². The van der Waals surface area contributed by atoms with Crippen molar-refractivity contribution >= 4 is 17.5 Å². The van der Waals surface area contributed by atoms with Crippen molar-refractivity contribution < 1.29 is 9.53 Å². The van der Waals surface area contributed by atoms with E-state index >= 15 is 0 Å². The number of halogens is 1. The number of benzene rings is 1. The Kier molecular flexibility index (Phi) is 6.07. The predicted octanol–water partition coefficient (Wildman–Crippen LogP) is 2.50. The van der Waals surface area contributed by atoms with E-state index in [4.69, 9.17) is 22.1 Å². The molecule has 1 saturated heterocycles. The molecule has 2 heterocycles. The summed E-state index contributed by atoms with van der Waals surface area (Å²) in [5.74, 6) is -0.0406. The number of carbonyl (C=O) groups is 1. The number of nitrogens with two attached hydrogens (primary N) is 1. The standard InChI is InChI=1S/C18H23ClN4O2/c19-14-3-1-4-15(13-14)23-11-7-17(21-23)18(24)22-9-5-16(6-10-22)25-12-2-8-20/h1,3-4,7,11,13,16H,2,5-6,8-10,12,20H2. The van der Waals surface area contributed by atoms with Crippen LogP contribution < -0.4 is 5.73 Å². The van der Waals surface area contributed by atoms with Crippen molar-refractivity contribution in [2.75, 3.05) is 26.2 Å². The molecule has 1 aromatic carbocycles. The SMILES string of the molecule is NCCCOC1CCN(C(=O)c2ccn(-c3cccc(Cl)c3)n2)CC1. The molecular weight excluding hydrogens is 340 g/mol. The van der Waals surface area contributed by atoms with Gasteiger partial charge in [-0.3, -0.25) is 4.79 Å². The maximum atomic E-state index is 12.6. The molecule has 6 nitrogen and oxygen atoms in total. The minimum absolute atomic E-state index is 0.0406. The van der Waals surface area contributed by atoms with Gasteiger partial charge >= 0.3 is 0 Å². The second kappa shape index (κ2) is 8.47. The second-order valence-corrected chi connectivity index (χ2v) is 6.57. The van der Waals surface area contributed by atoms with Gasteiger partial charge in [0.1, 0.15) is 0 Å². The maximum absolute atomic E-state index is 12.6. The van der Waals surface area contributed by atoms with Crippen LogP contribution in [0.4, 0.5) is 0 Å². The number of carbonyl (C=O) groups excluding carboxylic acids is 1. The van der Waals surface area contributed by atoms with Crippen molar-refractivity contribution in [3.8, 4) is 5.69 Å². The summed E-state index contributed by atoms with van der Waals surface area (Å²) >= 11 is 6.01. The molecule has 0 aliphatic carbocycles. The van der Waals surface area contributed by atoms with Gasteiger partial charge in [0.15, 0.2) is 5.69 Å². The van der Waals surface area contributed by atoms with E-state index in [1.54, 1.807) is 23.0 Å². The van der Waals surface area contributed by atoms with Gasteiger partial charge in [-0.1, -0.05) is 17.7 Å². The number of rotatable bonds is 6. The van der Waals surface area contributed by atoms with Crippen LogP contribution in [0.2, 0.25) is 5.02 Å². The van der Waals surface area contributed by atoms with E-state index in [1.807, 2.05) is 23.1 Å². The van der Waals surface area contributed by atoms with Crippen LogP contribution in [0.15, 0.2) is 36.5 Å². The highest BCUT2D eigenvalue weighted by Crippen LogP contribution is 2.18. The third-order valence-electron chi connectivity index (χ3n) is 4.31. The summed E-state index contributed by atoms with van der Waals surface area (Å²) in [6.07, 6.45) is 4.58. The number of amides is 1. The molecule has 2 N–H and O–H groups in total. The van der Waals surface area contributed by atoms with Crippen molar-refractivity contribution in [1.29, 1.82) is 0 Å². The zero-order valence-electron chi connectivity index (χ0n) is 14.1. The topological polar surface area (TPSA) is 73.4 Å². The molecule has 0 unspecified atom stereocenters. The van der Waals surface area contributed by atoms with E-state index in [0.29, 0.717) is 37.0 Å². The number of piperidine rings is 1. The Hall–Kier alpha value is -1.89. The Morgan fingerprint density at radius 1 is 1.32 bits per heavy atom. The number of likely N-dealkylation sites (tertiary alicyclic amines) is 1. The Labute approximate surface area is 152 Å². The van der Waals surface area contributed by atoms with Gasteiger partial charge in [0.05, 0.1) is 11.8 Å². The first-order valence-corrected chi connectivity index (χ1v) is 8.98. The van der Waals surface area contributed by atoms with Gasteiger partial charge in [-0.15, -0.1) is 0 Å². The van der Waals surface area contributed by atoms with Crippen molar-refractivity contribution in [2.24, 2.45) is 5.73 Å². The Morgan fingerprint density at radius 3 is 2.84 bits per heavy atom. The summed E-state index contributed by atoms with van der Waals surface area (Å²) in [5.41, 5.74) is 6.75. The molecule has 2 aromatic rings. The van der Waals surface area contributed by atoms with Crippen molar-refractivity contribution in [3.63, 3.8) is 0 Å². The molecule has 1 aromatic heterocycles. The van der Waals surface area contributed by atoms with Crippen LogP contribution in [0.5, 0.6) is 0 Å². The highest BCUT2D eigenvalue weighted by Gasteiger charge is 2.25. The number of aromatic nitrogens is 2. The monoisotopic (exact) mass is 362 g/mol. The predicted molar refractivity (Wildman–Crippen MR) is 97.1 cm³/mol. The van der Waals surface area contributed by atoms with E-state index in [-0.39, 0.29) is 12.0 Å². The third-order valence-corrected chi connectivity index (χ3v) is 4.55. The molecule has 1 aliphatic heterocycles. The summed E-state index contributed by atoms with van der Waals surface area (Å²) in [7, 11) is 0. The van der Waals surface area contributed by atoms with E-state index in [0.717, 1.165) is 24.9 Å². The van der Waals surface area contributed by atoms with Crippen molar-refractivity contribution in [2.45, 2.75) is 25.4 Å². The van der Waals surface area contributed by atoms with Crippen LogP contribution in [0.3, 0.4) is 0 Å². The van der Waals surface area contributed by atoms with Crippen molar-refractivity contribution in [3.05, 3.63) is 47.2 Å². The lowest BCUT2D eigenvalue weighted by molar-refractivity contribution is 0.00828. The molecular formula is C18H23ClN4O2. The highest BCUT2D eigenvalue weighted by molar-refractivity contribution is 6.30. The van der Waals surface area contributed by atoms with Crippen LogP contribution in [-0.2, 0) is 4.74 Å². The van der Waals surface area contributed by atoms with Gasteiger partial charge in [0.25, 0.3) is 5.91 Å². The molecule has 0 saturated carbocycles. The molecule has 0 radical (unpaired) electrons. The number of ether oxygens (including phenoxy) is 1. The first-order chi connectivity index (χ1) is 12.2. The quantitative estimate of drug-likeness (QED) is 0.801. The van der Waals surface area contributed by atoms with E-state index < -0.39 is 0 Å². The Bertz CT molecular complexity index is 711. The fourth-order valence-corrected chi connectivity index (χ4v) is 3.11. The first-order valence-electron chi connectivity index (χ1n) is 8.60. The molecule has 0 spiro atoms. The minimum Gasteiger partial charge on any atom is -0.378 e. The molecule has 1 aliphatic rings. The molecule has 7 heteroatoms. The lowest BCUT2D eigenvalue weighted by Crippen LogP contribution is -2.41. The van der Waals surface area contributed by atoms with Crippen LogP contribution >= 0.6 is 11.6 Å². The zero-order valence-corrected chi connectivity index (χ0v) is 14.9. The molecule has 0 atom stereocenters. The lowest BCUT2D eigenvalue weighted by atomic mass is 10.1. The van der Waals surface area contributed by atoms with E-state index in [2.05, 4.69) is 5.10 Å². The van der Waals surface area contributed by atoms with Gasteiger partial charge in [-0.25, -0.2) is 4.68 Å². The van der Waals surface area contributed by atoms with Crippen LogP contribution in [0.25, 0.3) is 5.69 Å². The second-order valence-electron chi connectivity index (χ2n) is 6.13. The van der Waals surface area contributed by atoms with Gasteiger partial charge in [-0.05, 0) is 50.1 Å². The fraction of sp³-hybridized carbons (Fsp3) is 0.444. The largest absolute Gasteiger partial charge is 0.378 e. The number of hydrogen-bond acceptors (Lipinski definition) is 4. The van der Waals surface area contributed by atoms with Gasteiger partial charge < -0.3 is 15.4 Å². The number of hydrogen-bond donors (Lipinski definition) is 1. The van der Waals surface area contributed by atoms with Gasteiger partial charge in [0.2, 0.25) is 0 Å². The highest BCUT2D eigenvalue weighted by atomic mass is 35.5. The van der Waals surface area contributed by atoms with Gasteiger partial charge in [-0.2, -0.15) is 5.10 Å². The number of nitrogens with zero attached hydrogens (tertiary/aromatic N) is 3. The molecule has 1 fully saturated rings. The first kappa shape index (κ1) is 17.9. The zero-order chi connectivity index (χ0) is 17.6. The van der Waals surface area contributed by atoms with Crippen molar-refractivity contribution in [1.82, 2.24) is 14.7 Å². The molecule has 1 amide bonds. The summed E-state index contributed by atoms with van der Waals surface area (Å²) < 4.78 is 7.45. The summed E-state index contributed by atoms with van der Waals surface area (Å²) in [5, 5.41) is 5.03. The fourth-order valence-electron chi connectivity index (χ4n) is 2.92. The molecule has 25 heavy (non-hydrogen) atoms. The third kappa shape index (κ3) is 4.60. The van der Waals surface area contributed by atoms with E-state index in [1.165, 1.54) is 0 Å². The molecule has 0 bridgehead atoms. The van der Waals surface area contributed by atoms with E-state index in [9.17, 15) is 4.79 Å². The average molecular weight is 363 g/mol. The van der Waals surface area contributed by atoms with Crippen LogP contribution in [0.1, 0.15) is 29.8 Å². The maximum Gasteiger partial charge on any atom is 0.274 e. The summed E-state index contributed by atoms with van der Waals surface area (Å²) in [4.78, 5) is 14.5.